The van der Waals surface area contributed by atoms with Gasteiger partial charge in [0.25, 0.3) is 0 Å². The smallest absolute Gasteiger partial charge is 0.244 e. The molecule has 0 saturated heterocycles. The molecule has 0 aromatic heterocycles. The molecule has 134 valence electrons. The first kappa shape index (κ1) is 18.2. The fourth-order valence-corrected chi connectivity index (χ4v) is 3.89. The maximum atomic E-state index is 13.5. The third-order valence-electron chi connectivity index (χ3n) is 3.99. The summed E-state index contributed by atoms with van der Waals surface area (Å²) < 4.78 is 13.5. The van der Waals surface area contributed by atoms with Gasteiger partial charge in [0.2, 0.25) is 11.8 Å². The van der Waals surface area contributed by atoms with E-state index in [0.717, 1.165) is 28.2 Å². The Labute approximate surface area is 155 Å². The molecule has 1 aliphatic heterocycles. The second-order valence-electron chi connectivity index (χ2n) is 6.02. The molecule has 1 aliphatic rings. The summed E-state index contributed by atoms with van der Waals surface area (Å²) in [5.41, 5.74) is 2.39. The summed E-state index contributed by atoms with van der Waals surface area (Å²) in [6.45, 7) is 1.45. The van der Waals surface area contributed by atoms with E-state index < -0.39 is 0 Å². The van der Waals surface area contributed by atoms with Crippen molar-refractivity contribution in [1.29, 1.82) is 0 Å². The third-order valence-corrected chi connectivity index (χ3v) is 5.11. The minimum Gasteiger partial charge on any atom is -0.346 e. The molecule has 0 radical (unpaired) electrons. The van der Waals surface area contributed by atoms with Crippen LogP contribution in [0.5, 0.6) is 0 Å². The summed E-state index contributed by atoms with van der Waals surface area (Å²) in [7, 11) is 0. The third kappa shape index (κ3) is 4.73. The van der Waals surface area contributed by atoms with E-state index in [-0.39, 0.29) is 23.7 Å². The second-order valence-corrected chi connectivity index (χ2v) is 7.15. The molecule has 0 aliphatic carbocycles. The minimum absolute atomic E-state index is 0.130. The molecule has 6 heteroatoms. The average molecular weight is 370 g/mol. The predicted molar refractivity (Wildman–Crippen MR) is 102 cm³/mol. The number of fused-ring (bicyclic) bond motifs is 1. The standard InChI is InChI=1S/C20H19FN2O2S/c1-13(24)22-16-6-2-14(3-7-16)4-9-20(25)23-18-10-11-26-19-8-5-15(21)12-17(18)19/h2-9,12,18H,10-11H2,1H3,(H,22,24)(H,23,25)/b9-4+. The summed E-state index contributed by atoms with van der Waals surface area (Å²) in [5.74, 6) is 0.246. The second kappa shape index (κ2) is 8.19. The van der Waals surface area contributed by atoms with E-state index in [1.807, 2.05) is 12.1 Å². The highest BCUT2D eigenvalue weighted by Crippen LogP contribution is 2.36. The molecule has 3 rings (SSSR count). The number of halogens is 1. The van der Waals surface area contributed by atoms with Crippen molar-refractivity contribution >= 4 is 35.3 Å². The quantitative estimate of drug-likeness (QED) is 0.795. The molecule has 2 aromatic rings. The van der Waals surface area contributed by atoms with E-state index in [1.54, 1.807) is 36.0 Å². The highest BCUT2D eigenvalue weighted by atomic mass is 32.2. The first-order chi connectivity index (χ1) is 12.5. The van der Waals surface area contributed by atoms with Gasteiger partial charge in [0.1, 0.15) is 5.82 Å². The zero-order chi connectivity index (χ0) is 18.5. The van der Waals surface area contributed by atoms with Crippen molar-refractivity contribution < 1.29 is 14.0 Å². The Morgan fingerprint density at radius 3 is 2.69 bits per heavy atom. The van der Waals surface area contributed by atoms with Gasteiger partial charge in [-0.15, -0.1) is 11.8 Å². The van der Waals surface area contributed by atoms with Crippen LogP contribution in [-0.2, 0) is 9.59 Å². The molecule has 0 spiro atoms. The Balaban J connectivity index is 1.63. The molecule has 0 saturated carbocycles. The van der Waals surface area contributed by atoms with Gasteiger partial charge < -0.3 is 10.6 Å². The largest absolute Gasteiger partial charge is 0.346 e. The number of carbonyl (C=O) groups is 2. The molecular formula is C20H19FN2O2S. The molecule has 1 unspecified atom stereocenters. The van der Waals surface area contributed by atoms with Crippen molar-refractivity contribution in [3.8, 4) is 0 Å². The zero-order valence-corrected chi connectivity index (χ0v) is 15.1. The van der Waals surface area contributed by atoms with Crippen LogP contribution in [0, 0.1) is 5.82 Å². The molecule has 0 fully saturated rings. The van der Waals surface area contributed by atoms with Gasteiger partial charge in [-0.1, -0.05) is 12.1 Å². The molecule has 1 heterocycles. The number of carbonyl (C=O) groups excluding carboxylic acids is 2. The highest BCUT2D eigenvalue weighted by Gasteiger charge is 2.22. The first-order valence-corrected chi connectivity index (χ1v) is 9.28. The number of thioether (sulfide) groups is 1. The molecule has 0 bridgehead atoms. The number of hydrogen-bond donors (Lipinski definition) is 2. The van der Waals surface area contributed by atoms with Gasteiger partial charge in [-0.2, -0.15) is 0 Å². The maximum absolute atomic E-state index is 13.5. The summed E-state index contributed by atoms with van der Waals surface area (Å²) in [6.07, 6.45) is 3.94. The number of nitrogens with one attached hydrogen (secondary N) is 2. The van der Waals surface area contributed by atoms with Crippen LogP contribution < -0.4 is 10.6 Å². The lowest BCUT2D eigenvalue weighted by Gasteiger charge is -2.25. The highest BCUT2D eigenvalue weighted by molar-refractivity contribution is 7.99. The van der Waals surface area contributed by atoms with Crippen LogP contribution in [-0.4, -0.2) is 17.6 Å². The van der Waals surface area contributed by atoms with Gasteiger partial charge in [-0.3, -0.25) is 9.59 Å². The minimum atomic E-state index is -0.291. The van der Waals surface area contributed by atoms with Crippen molar-refractivity contribution in [1.82, 2.24) is 5.32 Å². The number of rotatable bonds is 4. The van der Waals surface area contributed by atoms with E-state index >= 15 is 0 Å². The Bertz CT molecular complexity index is 849. The topological polar surface area (TPSA) is 58.2 Å². The number of amides is 2. The fraction of sp³-hybridized carbons (Fsp3) is 0.200. The van der Waals surface area contributed by atoms with Crippen LogP contribution in [0.3, 0.4) is 0 Å². The monoisotopic (exact) mass is 370 g/mol. The van der Waals surface area contributed by atoms with Crippen LogP contribution in [0.4, 0.5) is 10.1 Å². The van der Waals surface area contributed by atoms with Gasteiger partial charge in [0.05, 0.1) is 6.04 Å². The lowest BCUT2D eigenvalue weighted by atomic mass is 10.0. The van der Waals surface area contributed by atoms with Crippen LogP contribution in [0.15, 0.2) is 53.4 Å². The SMILES string of the molecule is CC(=O)Nc1ccc(/C=C/C(=O)NC2CCSc3ccc(F)cc32)cc1. The van der Waals surface area contributed by atoms with Crippen LogP contribution >= 0.6 is 11.8 Å². The number of anilines is 1. The van der Waals surface area contributed by atoms with Crippen LogP contribution in [0.2, 0.25) is 0 Å². The molecular weight excluding hydrogens is 351 g/mol. The number of benzene rings is 2. The van der Waals surface area contributed by atoms with Crippen LogP contribution in [0.1, 0.15) is 30.5 Å². The van der Waals surface area contributed by atoms with E-state index in [9.17, 15) is 14.0 Å². The normalized spacial score (nSPS) is 16.2. The lowest BCUT2D eigenvalue weighted by Crippen LogP contribution is -2.29. The van der Waals surface area contributed by atoms with E-state index in [2.05, 4.69) is 10.6 Å². The van der Waals surface area contributed by atoms with Crippen molar-refractivity contribution in [3.05, 3.63) is 65.5 Å². The maximum Gasteiger partial charge on any atom is 0.244 e. The molecule has 1 atom stereocenters. The van der Waals surface area contributed by atoms with E-state index in [0.29, 0.717) is 5.69 Å². The number of hydrogen-bond acceptors (Lipinski definition) is 3. The Kier molecular flexibility index (Phi) is 5.73. The van der Waals surface area contributed by atoms with Crippen molar-refractivity contribution in [2.75, 3.05) is 11.1 Å². The first-order valence-electron chi connectivity index (χ1n) is 8.30. The van der Waals surface area contributed by atoms with Crippen molar-refractivity contribution in [2.45, 2.75) is 24.3 Å². The molecule has 26 heavy (non-hydrogen) atoms. The van der Waals surface area contributed by atoms with E-state index in [1.165, 1.54) is 25.1 Å². The Morgan fingerprint density at radius 1 is 1.19 bits per heavy atom. The average Bonchev–Trinajstić information content (AvgIpc) is 2.61. The van der Waals surface area contributed by atoms with Gasteiger partial charge in [0, 0.05) is 29.3 Å². The molecule has 2 N–H and O–H groups in total. The molecule has 2 aromatic carbocycles. The summed E-state index contributed by atoms with van der Waals surface area (Å²) in [6, 6.07) is 11.7. The van der Waals surface area contributed by atoms with E-state index in [4.69, 9.17) is 0 Å². The van der Waals surface area contributed by atoms with Gasteiger partial charge in [0.15, 0.2) is 0 Å². The summed E-state index contributed by atoms with van der Waals surface area (Å²) in [4.78, 5) is 24.3. The summed E-state index contributed by atoms with van der Waals surface area (Å²) >= 11 is 1.68. The lowest BCUT2D eigenvalue weighted by molar-refractivity contribution is -0.117. The predicted octanol–water partition coefficient (Wildman–Crippen LogP) is 4.15. The zero-order valence-electron chi connectivity index (χ0n) is 14.3. The molecule has 2 amide bonds. The Morgan fingerprint density at radius 2 is 1.96 bits per heavy atom. The van der Waals surface area contributed by atoms with Crippen molar-refractivity contribution in [3.63, 3.8) is 0 Å². The van der Waals surface area contributed by atoms with Gasteiger partial charge >= 0.3 is 0 Å². The summed E-state index contributed by atoms with van der Waals surface area (Å²) in [5, 5.41) is 5.64. The molecule has 4 nitrogen and oxygen atoms in total. The van der Waals surface area contributed by atoms with Gasteiger partial charge in [-0.05, 0) is 54.0 Å². The van der Waals surface area contributed by atoms with Crippen LogP contribution in [0.25, 0.3) is 6.08 Å². The van der Waals surface area contributed by atoms with Gasteiger partial charge in [-0.25, -0.2) is 4.39 Å². The fourth-order valence-electron chi connectivity index (χ4n) is 2.79. The Hall–Kier alpha value is -2.60. The van der Waals surface area contributed by atoms with Crippen molar-refractivity contribution in [2.24, 2.45) is 0 Å².